The summed E-state index contributed by atoms with van der Waals surface area (Å²) in [6, 6.07) is 0. The van der Waals surface area contributed by atoms with Crippen LogP contribution in [0.15, 0.2) is 44.3 Å². The summed E-state index contributed by atoms with van der Waals surface area (Å²) in [6.45, 7) is 8.34. The van der Waals surface area contributed by atoms with Gasteiger partial charge in [-0.25, -0.2) is 9.59 Å². The van der Waals surface area contributed by atoms with Gasteiger partial charge in [0.15, 0.2) is 0 Å². The smallest absolute Gasteiger partial charge is 0.347 e. The summed E-state index contributed by atoms with van der Waals surface area (Å²) in [5, 5.41) is 4.19. The average molecular weight is 318 g/mol. The van der Waals surface area contributed by atoms with Crippen molar-refractivity contribution in [1.29, 1.82) is 0 Å². The van der Waals surface area contributed by atoms with Crippen LogP contribution in [0.4, 0.5) is 0 Å². The highest BCUT2D eigenvalue weighted by atomic mass is 32.2. The van der Waals surface area contributed by atoms with E-state index in [2.05, 4.69) is 24.7 Å². The highest BCUT2D eigenvalue weighted by molar-refractivity contribution is 8.08. The lowest BCUT2D eigenvalue weighted by molar-refractivity contribution is -0.149. The summed E-state index contributed by atoms with van der Waals surface area (Å²) in [5.41, 5.74) is 5.05. The first kappa shape index (κ1) is 13.5. The molecule has 1 fully saturated rings. The molecule has 21 heavy (non-hydrogen) atoms. The summed E-state index contributed by atoms with van der Waals surface area (Å²) in [5.74, 6) is -0.989. The van der Waals surface area contributed by atoms with Crippen LogP contribution >= 0.6 is 23.5 Å². The molecule has 2 unspecified atom stereocenters. The van der Waals surface area contributed by atoms with E-state index in [9.17, 15) is 9.59 Å². The standard InChI is InChI=1S/C16H14O3S2/c1-7-5-20-15(3)11(7)9-10(14(18)19-13(9)17)12-8(2)6-21-16(12,15)4/h5-6H,1-4H3. The predicted molar refractivity (Wildman–Crippen MR) is 84.7 cm³/mol. The number of ether oxygens (including phenoxy) is 1. The average Bonchev–Trinajstić information content (AvgIpc) is 2.98. The van der Waals surface area contributed by atoms with Gasteiger partial charge in [-0.05, 0) is 60.8 Å². The van der Waals surface area contributed by atoms with Crippen LogP contribution in [0, 0.1) is 0 Å². The van der Waals surface area contributed by atoms with Crippen LogP contribution in [0.1, 0.15) is 27.7 Å². The van der Waals surface area contributed by atoms with Crippen molar-refractivity contribution in [2.45, 2.75) is 37.2 Å². The number of hydrogen-bond acceptors (Lipinski definition) is 5. The maximum absolute atomic E-state index is 12.3. The van der Waals surface area contributed by atoms with Crippen LogP contribution in [0.25, 0.3) is 0 Å². The van der Waals surface area contributed by atoms with Crippen molar-refractivity contribution < 1.29 is 14.3 Å². The molecule has 0 aromatic rings. The lowest BCUT2D eigenvalue weighted by Crippen LogP contribution is -2.48. The van der Waals surface area contributed by atoms with E-state index in [1.54, 1.807) is 23.5 Å². The molecule has 5 heteroatoms. The third kappa shape index (κ3) is 1.30. The van der Waals surface area contributed by atoms with E-state index < -0.39 is 11.9 Å². The number of cyclic esters (lactones) is 2. The fourth-order valence-electron chi connectivity index (χ4n) is 3.82. The van der Waals surface area contributed by atoms with Gasteiger partial charge < -0.3 is 4.74 Å². The van der Waals surface area contributed by atoms with Gasteiger partial charge in [0, 0.05) is 0 Å². The Hall–Kier alpha value is -1.20. The zero-order valence-electron chi connectivity index (χ0n) is 12.2. The highest BCUT2D eigenvalue weighted by Gasteiger charge is 2.62. The van der Waals surface area contributed by atoms with E-state index in [0.717, 1.165) is 22.3 Å². The van der Waals surface area contributed by atoms with Gasteiger partial charge in [-0.15, -0.1) is 23.5 Å². The van der Waals surface area contributed by atoms with Crippen molar-refractivity contribution in [3.8, 4) is 0 Å². The Kier molecular flexibility index (Phi) is 2.41. The number of fused-ring (bicyclic) bond motifs is 4. The molecule has 0 aromatic heterocycles. The molecule has 0 aromatic carbocycles. The summed E-state index contributed by atoms with van der Waals surface area (Å²) >= 11 is 3.48. The summed E-state index contributed by atoms with van der Waals surface area (Å²) in [7, 11) is 0. The third-order valence-corrected chi connectivity index (χ3v) is 8.18. The molecule has 4 aliphatic rings. The molecule has 1 saturated heterocycles. The fraction of sp³-hybridized carbons (Fsp3) is 0.375. The first-order valence-electron chi connectivity index (χ1n) is 6.77. The van der Waals surface area contributed by atoms with Crippen molar-refractivity contribution in [2.75, 3.05) is 0 Å². The Morgan fingerprint density at radius 3 is 1.62 bits per heavy atom. The number of rotatable bonds is 0. The molecular formula is C16H14O3S2. The van der Waals surface area contributed by atoms with Gasteiger partial charge in [-0.2, -0.15) is 0 Å². The molecule has 2 atom stereocenters. The van der Waals surface area contributed by atoms with Crippen molar-refractivity contribution in [3.05, 3.63) is 44.3 Å². The van der Waals surface area contributed by atoms with Crippen molar-refractivity contribution in [1.82, 2.24) is 0 Å². The third-order valence-electron chi connectivity index (χ3n) is 4.94. The molecule has 0 saturated carbocycles. The largest absolute Gasteiger partial charge is 0.386 e. The summed E-state index contributed by atoms with van der Waals surface area (Å²) in [4.78, 5) is 24.5. The highest BCUT2D eigenvalue weighted by Crippen LogP contribution is 2.67. The maximum atomic E-state index is 12.3. The number of carbonyl (C=O) groups excluding carboxylic acids is 2. The second-order valence-corrected chi connectivity index (χ2v) is 8.66. The molecule has 3 nitrogen and oxygen atoms in total. The molecular weight excluding hydrogens is 304 g/mol. The number of carbonyl (C=O) groups is 2. The maximum Gasteiger partial charge on any atom is 0.347 e. The SMILES string of the molecule is CC1=CSC2(C)C1=C1C(=O)OC(=O)C1=C1C(C)=CSC12C. The van der Waals surface area contributed by atoms with Crippen LogP contribution in [0.3, 0.4) is 0 Å². The molecule has 0 amide bonds. The lowest BCUT2D eigenvalue weighted by Gasteiger charge is -2.46. The molecule has 108 valence electrons. The lowest BCUT2D eigenvalue weighted by atomic mass is 9.69. The van der Waals surface area contributed by atoms with Gasteiger partial charge in [-0.1, -0.05) is 0 Å². The van der Waals surface area contributed by atoms with Crippen LogP contribution in [0.2, 0.25) is 0 Å². The van der Waals surface area contributed by atoms with E-state index in [0.29, 0.717) is 11.1 Å². The Labute approximate surface area is 131 Å². The molecule has 1 aliphatic carbocycles. The van der Waals surface area contributed by atoms with Crippen molar-refractivity contribution in [2.24, 2.45) is 0 Å². The molecule has 0 bridgehead atoms. The van der Waals surface area contributed by atoms with E-state index in [-0.39, 0.29) is 9.49 Å². The van der Waals surface area contributed by atoms with Gasteiger partial charge in [0.25, 0.3) is 0 Å². The Balaban J connectivity index is 2.16. The van der Waals surface area contributed by atoms with E-state index >= 15 is 0 Å². The summed E-state index contributed by atoms with van der Waals surface area (Å²) in [6.07, 6.45) is 0. The van der Waals surface area contributed by atoms with Crippen LogP contribution in [-0.4, -0.2) is 21.4 Å². The number of esters is 2. The second kappa shape index (κ2) is 3.76. The number of hydrogen-bond donors (Lipinski definition) is 0. The van der Waals surface area contributed by atoms with Crippen molar-refractivity contribution >= 4 is 35.5 Å². The minimum atomic E-state index is -0.495. The van der Waals surface area contributed by atoms with E-state index in [1.165, 1.54) is 0 Å². The minimum absolute atomic E-state index is 0.256. The topological polar surface area (TPSA) is 43.4 Å². The normalized spacial score (nSPS) is 37.3. The summed E-state index contributed by atoms with van der Waals surface area (Å²) < 4.78 is 4.43. The zero-order chi connectivity index (χ0) is 15.2. The fourth-order valence-corrected chi connectivity index (χ4v) is 6.58. The van der Waals surface area contributed by atoms with Gasteiger partial charge in [0.05, 0.1) is 20.6 Å². The second-order valence-electron chi connectivity index (χ2n) is 6.08. The quantitative estimate of drug-likeness (QED) is 0.505. The van der Waals surface area contributed by atoms with Crippen LogP contribution < -0.4 is 0 Å². The number of allylic oxidation sites excluding steroid dienone is 2. The molecule has 0 N–H and O–H groups in total. The van der Waals surface area contributed by atoms with Crippen LogP contribution in [0.5, 0.6) is 0 Å². The molecule has 3 heterocycles. The molecule has 0 radical (unpaired) electrons. The Morgan fingerprint density at radius 2 is 1.24 bits per heavy atom. The first-order valence-corrected chi connectivity index (χ1v) is 8.53. The first-order chi connectivity index (χ1) is 9.81. The minimum Gasteiger partial charge on any atom is -0.386 e. The van der Waals surface area contributed by atoms with Gasteiger partial charge in [0.2, 0.25) is 0 Å². The van der Waals surface area contributed by atoms with Gasteiger partial charge in [-0.3, -0.25) is 0 Å². The Morgan fingerprint density at radius 1 is 0.857 bits per heavy atom. The molecule has 4 rings (SSSR count). The van der Waals surface area contributed by atoms with Crippen LogP contribution in [-0.2, 0) is 14.3 Å². The number of thioether (sulfide) groups is 2. The monoisotopic (exact) mass is 318 g/mol. The molecule has 0 spiro atoms. The molecule has 3 aliphatic heterocycles. The van der Waals surface area contributed by atoms with E-state index in [4.69, 9.17) is 4.74 Å². The predicted octanol–water partition coefficient (Wildman–Crippen LogP) is 3.50. The Bertz CT molecular complexity index is 704. The van der Waals surface area contributed by atoms with E-state index in [1.807, 2.05) is 13.8 Å². The van der Waals surface area contributed by atoms with Gasteiger partial charge in [0.1, 0.15) is 0 Å². The van der Waals surface area contributed by atoms with Crippen molar-refractivity contribution in [3.63, 3.8) is 0 Å². The van der Waals surface area contributed by atoms with Gasteiger partial charge >= 0.3 is 11.9 Å². The zero-order valence-corrected chi connectivity index (χ0v) is 13.8.